The predicted octanol–water partition coefficient (Wildman–Crippen LogP) is 3.41. The zero-order chi connectivity index (χ0) is 21.1. The lowest BCUT2D eigenvalue weighted by molar-refractivity contribution is -0.131. The van der Waals surface area contributed by atoms with E-state index < -0.39 is 10.0 Å². The average molecular weight is 428 g/mol. The fraction of sp³-hybridized carbons (Fsp3) is 0.478. The van der Waals surface area contributed by atoms with Crippen molar-refractivity contribution in [1.29, 1.82) is 0 Å². The molecule has 1 aromatic carbocycles. The SMILES string of the molecule is C[C@@H]1C[C@H](c2cccnc2)N(C(=O)Cc2ccc(S(=O)(=O)N3CCCCC3)cc2)C1. The number of carbonyl (C=O) groups is 1. The van der Waals surface area contributed by atoms with E-state index in [1.165, 1.54) is 0 Å². The number of pyridine rings is 1. The Hall–Kier alpha value is -2.25. The summed E-state index contributed by atoms with van der Waals surface area (Å²) in [5.41, 5.74) is 1.90. The van der Waals surface area contributed by atoms with Gasteiger partial charge in [0, 0.05) is 32.0 Å². The number of rotatable bonds is 5. The maximum Gasteiger partial charge on any atom is 0.243 e. The van der Waals surface area contributed by atoms with Crippen LogP contribution in [-0.2, 0) is 21.2 Å². The van der Waals surface area contributed by atoms with E-state index in [0.29, 0.717) is 23.9 Å². The molecule has 4 rings (SSSR count). The normalized spacial score (nSPS) is 22.9. The molecule has 0 bridgehead atoms. The molecule has 0 aliphatic carbocycles. The van der Waals surface area contributed by atoms with Crippen molar-refractivity contribution >= 4 is 15.9 Å². The number of sulfonamides is 1. The third-order valence-electron chi connectivity index (χ3n) is 6.13. The molecule has 2 aliphatic rings. The van der Waals surface area contributed by atoms with Gasteiger partial charge in [0.1, 0.15) is 0 Å². The van der Waals surface area contributed by atoms with Crippen LogP contribution >= 0.6 is 0 Å². The maximum absolute atomic E-state index is 13.1. The summed E-state index contributed by atoms with van der Waals surface area (Å²) in [5, 5.41) is 0. The van der Waals surface area contributed by atoms with Crippen LogP contribution in [0.2, 0.25) is 0 Å². The number of piperidine rings is 1. The monoisotopic (exact) mass is 427 g/mol. The molecule has 2 aromatic rings. The maximum atomic E-state index is 13.1. The molecule has 0 N–H and O–H groups in total. The van der Waals surface area contributed by atoms with Crippen LogP contribution in [0.3, 0.4) is 0 Å². The lowest BCUT2D eigenvalue weighted by atomic mass is 10.0. The van der Waals surface area contributed by atoms with E-state index in [4.69, 9.17) is 0 Å². The van der Waals surface area contributed by atoms with Crippen molar-refractivity contribution < 1.29 is 13.2 Å². The highest BCUT2D eigenvalue weighted by Crippen LogP contribution is 2.35. The Morgan fingerprint density at radius 1 is 1.10 bits per heavy atom. The molecule has 7 heteroatoms. The molecule has 2 atom stereocenters. The van der Waals surface area contributed by atoms with Crippen molar-refractivity contribution in [2.75, 3.05) is 19.6 Å². The van der Waals surface area contributed by atoms with Crippen LogP contribution in [0.4, 0.5) is 0 Å². The highest BCUT2D eigenvalue weighted by molar-refractivity contribution is 7.89. The van der Waals surface area contributed by atoms with Gasteiger partial charge in [-0.25, -0.2) is 8.42 Å². The fourth-order valence-electron chi connectivity index (χ4n) is 4.52. The van der Waals surface area contributed by atoms with E-state index in [-0.39, 0.29) is 18.4 Å². The van der Waals surface area contributed by atoms with Crippen molar-refractivity contribution in [3.8, 4) is 0 Å². The largest absolute Gasteiger partial charge is 0.335 e. The molecule has 6 nitrogen and oxygen atoms in total. The molecular weight excluding hydrogens is 398 g/mol. The van der Waals surface area contributed by atoms with Crippen molar-refractivity contribution in [3.63, 3.8) is 0 Å². The van der Waals surface area contributed by atoms with Crippen molar-refractivity contribution in [3.05, 3.63) is 59.9 Å². The Morgan fingerprint density at radius 2 is 1.83 bits per heavy atom. The molecule has 1 amide bonds. The van der Waals surface area contributed by atoms with E-state index in [9.17, 15) is 13.2 Å². The number of aromatic nitrogens is 1. The molecule has 2 aliphatic heterocycles. The first-order chi connectivity index (χ1) is 14.4. The minimum atomic E-state index is -3.44. The molecule has 160 valence electrons. The van der Waals surface area contributed by atoms with Crippen LogP contribution in [0.15, 0.2) is 53.7 Å². The number of nitrogens with zero attached hydrogens (tertiary/aromatic N) is 3. The van der Waals surface area contributed by atoms with Crippen LogP contribution in [0.25, 0.3) is 0 Å². The number of hydrogen-bond donors (Lipinski definition) is 0. The molecule has 1 aromatic heterocycles. The Bertz CT molecular complexity index is 971. The van der Waals surface area contributed by atoms with E-state index in [1.54, 1.807) is 34.8 Å². The summed E-state index contributed by atoms with van der Waals surface area (Å²) < 4.78 is 27.2. The smallest absolute Gasteiger partial charge is 0.243 e. The molecule has 30 heavy (non-hydrogen) atoms. The summed E-state index contributed by atoms with van der Waals surface area (Å²) in [6.45, 7) is 4.08. The fourth-order valence-corrected chi connectivity index (χ4v) is 6.04. The van der Waals surface area contributed by atoms with E-state index in [0.717, 1.165) is 43.4 Å². The molecule has 2 fully saturated rings. The number of amides is 1. The lowest BCUT2D eigenvalue weighted by Crippen LogP contribution is -2.35. The molecule has 2 saturated heterocycles. The molecule has 0 unspecified atom stereocenters. The third kappa shape index (κ3) is 4.42. The van der Waals surface area contributed by atoms with Gasteiger partial charge in [-0.05, 0) is 54.5 Å². The van der Waals surface area contributed by atoms with Gasteiger partial charge < -0.3 is 4.90 Å². The van der Waals surface area contributed by atoms with Gasteiger partial charge in [-0.3, -0.25) is 9.78 Å². The van der Waals surface area contributed by atoms with Crippen LogP contribution < -0.4 is 0 Å². The Labute approximate surface area is 179 Å². The highest BCUT2D eigenvalue weighted by atomic mass is 32.2. The number of hydrogen-bond acceptors (Lipinski definition) is 4. The van der Waals surface area contributed by atoms with Gasteiger partial charge in [-0.2, -0.15) is 4.31 Å². The van der Waals surface area contributed by atoms with Gasteiger partial charge in [-0.1, -0.05) is 31.5 Å². The molecule has 0 saturated carbocycles. The van der Waals surface area contributed by atoms with Crippen LogP contribution in [0.1, 0.15) is 49.8 Å². The summed E-state index contributed by atoms with van der Waals surface area (Å²) in [5.74, 6) is 0.510. The molecule has 0 spiro atoms. The second kappa shape index (κ2) is 8.86. The first-order valence-electron chi connectivity index (χ1n) is 10.7. The van der Waals surface area contributed by atoms with Gasteiger partial charge in [0.05, 0.1) is 17.4 Å². The van der Waals surface area contributed by atoms with Crippen LogP contribution in [0, 0.1) is 5.92 Å². The topological polar surface area (TPSA) is 70.6 Å². The summed E-state index contributed by atoms with van der Waals surface area (Å²) in [4.78, 5) is 19.5. The minimum absolute atomic E-state index is 0.0555. The second-order valence-corrected chi connectivity index (χ2v) is 10.4. The quantitative estimate of drug-likeness (QED) is 0.733. The van der Waals surface area contributed by atoms with E-state index in [2.05, 4.69) is 11.9 Å². The van der Waals surface area contributed by atoms with Gasteiger partial charge in [0.2, 0.25) is 15.9 Å². The number of likely N-dealkylation sites (tertiary alicyclic amines) is 1. The zero-order valence-electron chi connectivity index (χ0n) is 17.4. The van der Waals surface area contributed by atoms with Crippen LogP contribution in [0.5, 0.6) is 0 Å². The zero-order valence-corrected chi connectivity index (χ0v) is 18.2. The average Bonchev–Trinajstić information content (AvgIpc) is 3.17. The number of benzene rings is 1. The summed E-state index contributed by atoms with van der Waals surface area (Å²) >= 11 is 0. The van der Waals surface area contributed by atoms with Gasteiger partial charge in [0.15, 0.2) is 0 Å². The first kappa shape index (κ1) is 21.0. The standard InChI is InChI=1S/C23H29N3O3S/c1-18-14-22(20-6-5-11-24-16-20)26(17-18)23(27)15-19-7-9-21(10-8-19)30(28,29)25-12-3-2-4-13-25/h5-11,16,18,22H,2-4,12-15,17H2,1H3/t18-,22-/m1/s1. The van der Waals surface area contributed by atoms with Crippen LogP contribution in [-0.4, -0.2) is 48.1 Å². The highest BCUT2D eigenvalue weighted by Gasteiger charge is 2.34. The van der Waals surface area contributed by atoms with Crippen molar-refractivity contribution in [1.82, 2.24) is 14.2 Å². The van der Waals surface area contributed by atoms with Crippen molar-refractivity contribution in [2.24, 2.45) is 5.92 Å². The second-order valence-electron chi connectivity index (χ2n) is 8.47. The summed E-state index contributed by atoms with van der Waals surface area (Å²) in [6, 6.07) is 10.8. The Balaban J connectivity index is 1.46. The number of carbonyl (C=O) groups excluding carboxylic acids is 1. The van der Waals surface area contributed by atoms with Gasteiger partial charge in [0.25, 0.3) is 0 Å². The molecular formula is C23H29N3O3S. The van der Waals surface area contributed by atoms with E-state index >= 15 is 0 Å². The van der Waals surface area contributed by atoms with Crippen molar-refractivity contribution in [2.45, 2.75) is 50.0 Å². The first-order valence-corrected chi connectivity index (χ1v) is 12.2. The minimum Gasteiger partial charge on any atom is -0.335 e. The summed E-state index contributed by atoms with van der Waals surface area (Å²) in [7, 11) is -3.44. The molecule has 0 radical (unpaired) electrons. The molecule has 3 heterocycles. The van der Waals surface area contributed by atoms with Gasteiger partial charge >= 0.3 is 0 Å². The van der Waals surface area contributed by atoms with Gasteiger partial charge in [-0.15, -0.1) is 0 Å². The van der Waals surface area contributed by atoms with E-state index in [1.807, 2.05) is 23.2 Å². The Morgan fingerprint density at radius 3 is 2.50 bits per heavy atom. The Kier molecular flexibility index (Phi) is 6.20. The lowest BCUT2D eigenvalue weighted by Gasteiger charge is -2.26. The third-order valence-corrected chi connectivity index (χ3v) is 8.04. The summed E-state index contributed by atoms with van der Waals surface area (Å²) in [6.07, 6.45) is 7.70. The predicted molar refractivity (Wildman–Crippen MR) is 115 cm³/mol.